The van der Waals surface area contributed by atoms with Crippen LogP contribution in [0, 0.1) is 6.92 Å². The van der Waals surface area contributed by atoms with Gasteiger partial charge in [0.15, 0.2) is 5.43 Å². The summed E-state index contributed by atoms with van der Waals surface area (Å²) in [6.45, 7) is 1.95. The fourth-order valence-corrected chi connectivity index (χ4v) is 3.54. The molecule has 0 spiro atoms. The SMILES string of the molecule is Cc1ccc(Cl)c2c(=O)c3ccc(O)cc3sc12. The van der Waals surface area contributed by atoms with Gasteiger partial charge in [-0.25, -0.2) is 0 Å². The Morgan fingerprint density at radius 1 is 1.22 bits per heavy atom. The molecule has 3 aromatic rings. The Hall–Kier alpha value is -1.58. The van der Waals surface area contributed by atoms with Crippen molar-refractivity contribution in [3.63, 3.8) is 0 Å². The van der Waals surface area contributed by atoms with E-state index in [1.807, 2.05) is 13.0 Å². The number of halogens is 1. The highest BCUT2D eigenvalue weighted by Gasteiger charge is 2.11. The van der Waals surface area contributed by atoms with Crippen molar-refractivity contribution < 1.29 is 5.11 Å². The van der Waals surface area contributed by atoms with Crippen molar-refractivity contribution in [1.82, 2.24) is 0 Å². The Kier molecular flexibility index (Phi) is 2.54. The van der Waals surface area contributed by atoms with Gasteiger partial charge >= 0.3 is 0 Å². The molecule has 1 N–H and O–H groups in total. The van der Waals surface area contributed by atoms with Crippen LogP contribution in [0.1, 0.15) is 5.56 Å². The summed E-state index contributed by atoms with van der Waals surface area (Å²) in [7, 11) is 0. The lowest BCUT2D eigenvalue weighted by Gasteiger charge is -2.05. The van der Waals surface area contributed by atoms with Crippen LogP contribution in [0.2, 0.25) is 5.02 Å². The van der Waals surface area contributed by atoms with Crippen molar-refractivity contribution in [3.05, 3.63) is 51.1 Å². The highest BCUT2D eigenvalue weighted by atomic mass is 35.5. The molecule has 0 aliphatic heterocycles. The Morgan fingerprint density at radius 2 is 2.00 bits per heavy atom. The minimum Gasteiger partial charge on any atom is -0.508 e. The van der Waals surface area contributed by atoms with Crippen molar-refractivity contribution in [2.75, 3.05) is 0 Å². The van der Waals surface area contributed by atoms with E-state index in [1.54, 1.807) is 18.2 Å². The van der Waals surface area contributed by atoms with E-state index in [9.17, 15) is 9.90 Å². The second-order valence-electron chi connectivity index (χ2n) is 4.18. The molecule has 3 rings (SSSR count). The van der Waals surface area contributed by atoms with Gasteiger partial charge in [-0.3, -0.25) is 4.79 Å². The average molecular weight is 277 g/mol. The van der Waals surface area contributed by atoms with Crippen LogP contribution >= 0.6 is 22.9 Å². The van der Waals surface area contributed by atoms with Gasteiger partial charge in [-0.1, -0.05) is 17.7 Å². The summed E-state index contributed by atoms with van der Waals surface area (Å²) in [5.74, 6) is 0.164. The van der Waals surface area contributed by atoms with Crippen LogP contribution in [0.25, 0.3) is 20.2 Å². The molecule has 18 heavy (non-hydrogen) atoms. The Labute approximate surface area is 112 Å². The molecular formula is C14H9ClO2S. The second kappa shape index (κ2) is 3.97. The van der Waals surface area contributed by atoms with Crippen LogP contribution in [0.5, 0.6) is 5.75 Å². The molecule has 90 valence electrons. The molecule has 2 nitrogen and oxygen atoms in total. The van der Waals surface area contributed by atoms with Crippen LogP contribution in [0.4, 0.5) is 0 Å². The van der Waals surface area contributed by atoms with E-state index >= 15 is 0 Å². The minimum atomic E-state index is -0.0764. The predicted octanol–water partition coefficient (Wildman–Crippen LogP) is 4.08. The van der Waals surface area contributed by atoms with Crippen molar-refractivity contribution in [1.29, 1.82) is 0 Å². The number of fused-ring (bicyclic) bond motifs is 2. The van der Waals surface area contributed by atoms with Crippen LogP contribution in [-0.4, -0.2) is 5.11 Å². The summed E-state index contributed by atoms with van der Waals surface area (Å²) >= 11 is 7.60. The van der Waals surface area contributed by atoms with Crippen molar-refractivity contribution >= 4 is 43.1 Å². The summed E-state index contributed by atoms with van der Waals surface area (Å²) < 4.78 is 1.66. The fourth-order valence-electron chi connectivity index (χ4n) is 2.03. The molecule has 4 heteroatoms. The largest absolute Gasteiger partial charge is 0.508 e. The van der Waals surface area contributed by atoms with Crippen LogP contribution < -0.4 is 5.43 Å². The summed E-state index contributed by atoms with van der Waals surface area (Å²) in [5, 5.41) is 11.1. The molecule has 0 bridgehead atoms. The Morgan fingerprint density at radius 3 is 2.78 bits per heavy atom. The van der Waals surface area contributed by atoms with E-state index in [4.69, 9.17) is 11.6 Å². The van der Waals surface area contributed by atoms with E-state index in [2.05, 4.69) is 0 Å². The maximum absolute atomic E-state index is 12.4. The number of phenolic OH excluding ortho intramolecular Hbond substituents is 1. The number of hydrogen-bond acceptors (Lipinski definition) is 3. The van der Waals surface area contributed by atoms with Crippen LogP contribution in [0.3, 0.4) is 0 Å². The molecule has 0 amide bonds. The minimum absolute atomic E-state index is 0.0764. The third-order valence-corrected chi connectivity index (χ3v) is 4.56. The molecule has 0 fully saturated rings. The lowest BCUT2D eigenvalue weighted by Crippen LogP contribution is -2.02. The normalized spacial score (nSPS) is 11.2. The number of aryl methyl sites for hydroxylation is 1. The van der Waals surface area contributed by atoms with Gasteiger partial charge in [0.2, 0.25) is 0 Å². The van der Waals surface area contributed by atoms with Gasteiger partial charge in [-0.2, -0.15) is 0 Å². The molecule has 2 aromatic carbocycles. The molecule has 1 aromatic heterocycles. The van der Waals surface area contributed by atoms with Crippen molar-refractivity contribution in [2.45, 2.75) is 6.92 Å². The molecule has 0 radical (unpaired) electrons. The van der Waals surface area contributed by atoms with E-state index in [1.165, 1.54) is 17.4 Å². The predicted molar refractivity (Wildman–Crippen MR) is 77.0 cm³/mol. The Balaban J connectivity index is 2.65. The third-order valence-electron chi connectivity index (χ3n) is 2.95. The highest BCUT2D eigenvalue weighted by Crippen LogP contribution is 2.32. The number of aromatic hydroxyl groups is 1. The Bertz CT molecular complexity index is 836. The quantitative estimate of drug-likeness (QED) is 0.628. The first-order chi connectivity index (χ1) is 8.58. The van der Waals surface area contributed by atoms with Crippen LogP contribution in [-0.2, 0) is 0 Å². The van der Waals surface area contributed by atoms with E-state index in [-0.39, 0.29) is 11.2 Å². The molecule has 0 aliphatic rings. The van der Waals surface area contributed by atoms with Gasteiger partial charge in [0.1, 0.15) is 5.75 Å². The monoisotopic (exact) mass is 276 g/mol. The molecule has 0 saturated heterocycles. The van der Waals surface area contributed by atoms with Gasteiger partial charge in [0.05, 0.1) is 10.4 Å². The van der Waals surface area contributed by atoms with Crippen molar-refractivity contribution in [3.8, 4) is 5.75 Å². The standard InChI is InChI=1S/C14H9ClO2S/c1-7-2-5-10(15)12-13(17)9-4-3-8(16)6-11(9)18-14(7)12/h2-6,16H,1H3. The molecule has 0 aliphatic carbocycles. The molecule has 0 atom stereocenters. The summed E-state index contributed by atoms with van der Waals surface area (Å²) in [4.78, 5) is 12.4. The first kappa shape index (κ1) is 11.5. The summed E-state index contributed by atoms with van der Waals surface area (Å²) in [6, 6.07) is 8.42. The lowest BCUT2D eigenvalue weighted by molar-refractivity contribution is 0.476. The van der Waals surface area contributed by atoms with Crippen molar-refractivity contribution in [2.24, 2.45) is 0 Å². The van der Waals surface area contributed by atoms with E-state index in [0.717, 1.165) is 15.0 Å². The maximum Gasteiger partial charge on any atom is 0.197 e. The first-order valence-corrected chi connectivity index (χ1v) is 6.62. The number of phenols is 1. The molecule has 0 saturated carbocycles. The highest BCUT2D eigenvalue weighted by molar-refractivity contribution is 7.24. The fraction of sp³-hybridized carbons (Fsp3) is 0.0714. The van der Waals surface area contributed by atoms with Gasteiger partial charge in [-0.15, -0.1) is 11.3 Å². The second-order valence-corrected chi connectivity index (χ2v) is 5.64. The topological polar surface area (TPSA) is 37.3 Å². The van der Waals surface area contributed by atoms with E-state index in [0.29, 0.717) is 15.8 Å². The van der Waals surface area contributed by atoms with Crippen LogP contribution in [0.15, 0.2) is 35.1 Å². The number of rotatable bonds is 0. The molecule has 0 unspecified atom stereocenters. The smallest absolute Gasteiger partial charge is 0.197 e. The van der Waals surface area contributed by atoms with E-state index < -0.39 is 0 Å². The summed E-state index contributed by atoms with van der Waals surface area (Å²) in [5.41, 5.74) is 0.939. The molecular weight excluding hydrogens is 268 g/mol. The zero-order valence-corrected chi connectivity index (χ0v) is 11.1. The first-order valence-electron chi connectivity index (χ1n) is 5.42. The lowest BCUT2D eigenvalue weighted by atomic mass is 10.1. The van der Waals surface area contributed by atoms with Gasteiger partial charge < -0.3 is 5.11 Å². The van der Waals surface area contributed by atoms with Gasteiger partial charge in [0, 0.05) is 14.8 Å². The number of benzene rings is 2. The zero-order chi connectivity index (χ0) is 12.9. The van der Waals surface area contributed by atoms with Gasteiger partial charge in [-0.05, 0) is 36.8 Å². The number of hydrogen-bond donors (Lipinski definition) is 1. The summed E-state index contributed by atoms with van der Waals surface area (Å²) in [6.07, 6.45) is 0. The van der Waals surface area contributed by atoms with Gasteiger partial charge in [0.25, 0.3) is 0 Å². The third kappa shape index (κ3) is 1.59. The molecule has 1 heterocycles. The average Bonchev–Trinajstić information content (AvgIpc) is 2.33. The maximum atomic E-state index is 12.4. The zero-order valence-electron chi connectivity index (χ0n) is 9.53.